The summed E-state index contributed by atoms with van der Waals surface area (Å²) in [6.07, 6.45) is 1.21. The molecule has 1 aromatic carbocycles. The van der Waals surface area contributed by atoms with E-state index in [2.05, 4.69) is 15.2 Å². The van der Waals surface area contributed by atoms with Crippen molar-refractivity contribution >= 4 is 46.5 Å². The van der Waals surface area contributed by atoms with Crippen molar-refractivity contribution in [2.75, 3.05) is 13.1 Å². The van der Waals surface area contributed by atoms with Crippen molar-refractivity contribution in [3.8, 4) is 5.69 Å². The van der Waals surface area contributed by atoms with Crippen LogP contribution in [0.4, 0.5) is 0 Å². The van der Waals surface area contributed by atoms with Crippen LogP contribution < -0.4 is 5.73 Å². The number of thiazole rings is 1. The third kappa shape index (κ3) is 4.91. The molecule has 162 valence electrons. The number of nitrogens with two attached hydrogens (primary N) is 1. The number of rotatable bonds is 6. The smallest absolute Gasteiger partial charge is 0.273 e. The fourth-order valence-corrected chi connectivity index (χ4v) is 5.45. The standard InChI is InChI=1S/C20H21ClN6O2S2/c1-12-24-25-20(27(12)15-4-2-3-14(21)9-15)31-11-17-23-16(10-30-17)19(29)26-7-5-13(6-8-26)18(22)28/h2-4,9-10,13H,5-8,11H2,1H3,(H2,22,28). The largest absolute Gasteiger partial charge is 0.369 e. The number of hydrogen-bond acceptors (Lipinski definition) is 7. The molecule has 0 atom stereocenters. The van der Waals surface area contributed by atoms with Crippen LogP contribution in [0.2, 0.25) is 5.02 Å². The fraction of sp³-hybridized carbons (Fsp3) is 0.350. The average molecular weight is 477 g/mol. The predicted octanol–water partition coefficient (Wildman–Crippen LogP) is 3.32. The summed E-state index contributed by atoms with van der Waals surface area (Å²) in [5.74, 6) is 0.792. The summed E-state index contributed by atoms with van der Waals surface area (Å²) < 4.78 is 1.94. The van der Waals surface area contributed by atoms with Gasteiger partial charge in [-0.15, -0.1) is 21.5 Å². The molecule has 0 spiro atoms. The highest BCUT2D eigenvalue weighted by molar-refractivity contribution is 7.98. The van der Waals surface area contributed by atoms with E-state index in [-0.39, 0.29) is 17.7 Å². The molecule has 8 nitrogen and oxygen atoms in total. The Morgan fingerprint density at radius 3 is 2.77 bits per heavy atom. The van der Waals surface area contributed by atoms with E-state index in [0.29, 0.717) is 42.4 Å². The van der Waals surface area contributed by atoms with E-state index < -0.39 is 0 Å². The lowest BCUT2D eigenvalue weighted by Gasteiger charge is -2.30. The molecule has 0 bridgehead atoms. The number of likely N-dealkylation sites (tertiary alicyclic amines) is 1. The lowest BCUT2D eigenvalue weighted by Crippen LogP contribution is -2.41. The van der Waals surface area contributed by atoms with Gasteiger partial charge in [0.1, 0.15) is 16.5 Å². The van der Waals surface area contributed by atoms with Crippen molar-refractivity contribution < 1.29 is 9.59 Å². The highest BCUT2D eigenvalue weighted by Crippen LogP contribution is 2.28. The zero-order valence-corrected chi connectivity index (χ0v) is 19.2. The number of carbonyl (C=O) groups excluding carboxylic acids is 2. The maximum Gasteiger partial charge on any atom is 0.273 e. The summed E-state index contributed by atoms with van der Waals surface area (Å²) in [4.78, 5) is 30.3. The molecule has 0 unspecified atom stereocenters. The molecule has 11 heteroatoms. The molecule has 2 aromatic heterocycles. The Morgan fingerprint density at radius 1 is 1.29 bits per heavy atom. The van der Waals surface area contributed by atoms with Crippen molar-refractivity contribution in [3.05, 3.63) is 51.2 Å². The summed E-state index contributed by atoms with van der Waals surface area (Å²) >= 11 is 9.08. The van der Waals surface area contributed by atoms with Gasteiger partial charge < -0.3 is 10.6 Å². The van der Waals surface area contributed by atoms with Crippen molar-refractivity contribution in [1.29, 1.82) is 0 Å². The quantitative estimate of drug-likeness (QED) is 0.547. The first-order valence-corrected chi connectivity index (χ1v) is 12.0. The van der Waals surface area contributed by atoms with E-state index in [1.54, 1.807) is 10.3 Å². The molecule has 3 heterocycles. The first-order valence-electron chi connectivity index (χ1n) is 9.76. The molecule has 1 saturated heterocycles. The van der Waals surface area contributed by atoms with Gasteiger partial charge in [0.25, 0.3) is 5.91 Å². The normalized spacial score (nSPS) is 14.7. The molecule has 2 N–H and O–H groups in total. The van der Waals surface area contributed by atoms with Gasteiger partial charge in [0.05, 0.1) is 11.4 Å². The summed E-state index contributed by atoms with van der Waals surface area (Å²) in [5, 5.41) is 12.4. The Kier molecular flexibility index (Phi) is 6.59. The number of hydrogen-bond donors (Lipinski definition) is 1. The first-order chi connectivity index (χ1) is 14.9. The number of aromatic nitrogens is 4. The molecular formula is C20H21ClN6O2S2. The minimum Gasteiger partial charge on any atom is -0.369 e. The number of halogens is 1. The molecule has 0 radical (unpaired) electrons. The van der Waals surface area contributed by atoms with Crippen LogP contribution in [0.5, 0.6) is 0 Å². The second-order valence-electron chi connectivity index (χ2n) is 7.23. The van der Waals surface area contributed by atoms with Gasteiger partial charge in [0.15, 0.2) is 5.16 Å². The molecule has 4 rings (SSSR count). The van der Waals surface area contributed by atoms with Crippen LogP contribution in [-0.2, 0) is 10.5 Å². The van der Waals surface area contributed by atoms with Gasteiger partial charge in [-0.3, -0.25) is 14.2 Å². The summed E-state index contributed by atoms with van der Waals surface area (Å²) in [7, 11) is 0. The Balaban J connectivity index is 1.41. The number of nitrogens with zero attached hydrogens (tertiary/aromatic N) is 5. The second-order valence-corrected chi connectivity index (χ2v) is 9.55. The molecule has 1 fully saturated rings. The Morgan fingerprint density at radius 2 is 2.06 bits per heavy atom. The van der Waals surface area contributed by atoms with E-state index in [1.165, 1.54) is 23.1 Å². The van der Waals surface area contributed by atoms with E-state index in [1.807, 2.05) is 35.8 Å². The third-order valence-electron chi connectivity index (χ3n) is 5.14. The van der Waals surface area contributed by atoms with Gasteiger partial charge in [-0.05, 0) is 38.0 Å². The molecule has 31 heavy (non-hydrogen) atoms. The van der Waals surface area contributed by atoms with E-state index >= 15 is 0 Å². The molecule has 2 amide bonds. The maximum absolute atomic E-state index is 12.7. The number of amides is 2. The van der Waals surface area contributed by atoms with Crippen LogP contribution in [0.25, 0.3) is 5.69 Å². The topological polar surface area (TPSA) is 107 Å². The van der Waals surface area contributed by atoms with Gasteiger partial charge in [-0.1, -0.05) is 29.4 Å². The molecular weight excluding hydrogens is 456 g/mol. The van der Waals surface area contributed by atoms with Crippen LogP contribution in [-0.4, -0.2) is 49.6 Å². The number of thioether (sulfide) groups is 1. The van der Waals surface area contributed by atoms with Crippen LogP contribution in [0.3, 0.4) is 0 Å². The van der Waals surface area contributed by atoms with E-state index in [0.717, 1.165) is 21.7 Å². The fourth-order valence-electron chi connectivity index (χ4n) is 3.48. The summed E-state index contributed by atoms with van der Waals surface area (Å²) in [6, 6.07) is 7.52. The Bertz CT molecular complexity index is 1110. The predicted molar refractivity (Wildman–Crippen MR) is 121 cm³/mol. The number of primary amides is 1. The van der Waals surface area contributed by atoms with Gasteiger partial charge in [-0.25, -0.2) is 4.98 Å². The summed E-state index contributed by atoms with van der Waals surface area (Å²) in [6.45, 7) is 2.94. The molecule has 1 aliphatic heterocycles. The molecule has 1 aliphatic rings. The number of benzene rings is 1. The summed E-state index contributed by atoms with van der Waals surface area (Å²) in [5.41, 5.74) is 6.70. The van der Waals surface area contributed by atoms with Crippen molar-refractivity contribution in [3.63, 3.8) is 0 Å². The van der Waals surface area contributed by atoms with E-state index in [4.69, 9.17) is 17.3 Å². The van der Waals surface area contributed by atoms with Crippen molar-refractivity contribution in [1.82, 2.24) is 24.6 Å². The Hall–Kier alpha value is -2.43. The van der Waals surface area contributed by atoms with Gasteiger partial charge >= 0.3 is 0 Å². The Labute approximate surface area is 192 Å². The minimum atomic E-state index is -0.291. The molecule has 3 aromatic rings. The second kappa shape index (κ2) is 9.37. The maximum atomic E-state index is 12.7. The van der Waals surface area contributed by atoms with Crippen molar-refractivity contribution in [2.45, 2.75) is 30.7 Å². The molecule has 0 aliphatic carbocycles. The lowest BCUT2D eigenvalue weighted by molar-refractivity contribution is -0.123. The van der Waals surface area contributed by atoms with Crippen LogP contribution >= 0.6 is 34.7 Å². The SMILES string of the molecule is Cc1nnc(SCc2nc(C(=O)N3CCC(C(N)=O)CC3)cs2)n1-c1cccc(Cl)c1. The third-order valence-corrected chi connectivity index (χ3v) is 7.35. The van der Waals surface area contributed by atoms with Gasteiger partial charge in [0.2, 0.25) is 5.91 Å². The van der Waals surface area contributed by atoms with Crippen LogP contribution in [0.1, 0.15) is 34.2 Å². The van der Waals surface area contributed by atoms with Gasteiger partial charge in [-0.2, -0.15) is 0 Å². The minimum absolute atomic E-state index is 0.103. The number of aryl methyl sites for hydroxylation is 1. The lowest BCUT2D eigenvalue weighted by atomic mass is 9.96. The van der Waals surface area contributed by atoms with Crippen molar-refractivity contribution in [2.24, 2.45) is 11.7 Å². The van der Waals surface area contributed by atoms with E-state index in [9.17, 15) is 9.59 Å². The van der Waals surface area contributed by atoms with Gasteiger partial charge in [0, 0.05) is 29.4 Å². The zero-order valence-electron chi connectivity index (χ0n) is 16.8. The molecule has 0 saturated carbocycles. The zero-order chi connectivity index (χ0) is 22.0. The van der Waals surface area contributed by atoms with Crippen LogP contribution in [0.15, 0.2) is 34.8 Å². The average Bonchev–Trinajstić information content (AvgIpc) is 3.38. The highest BCUT2D eigenvalue weighted by atomic mass is 35.5. The first kappa shape index (κ1) is 21.8. The highest BCUT2D eigenvalue weighted by Gasteiger charge is 2.27. The monoisotopic (exact) mass is 476 g/mol. The van der Waals surface area contributed by atoms with Crippen LogP contribution in [0, 0.1) is 12.8 Å². The number of piperidine rings is 1. The number of carbonyl (C=O) groups is 2.